The SMILES string of the molecule is Cc1cnc(Nc2nccnc2C2CCCN2C(=O)/C=C/c2ccco2)s1. The zero-order valence-corrected chi connectivity index (χ0v) is 15.6. The largest absolute Gasteiger partial charge is 0.465 e. The second kappa shape index (κ2) is 7.71. The van der Waals surface area contributed by atoms with Gasteiger partial charge in [-0.2, -0.15) is 0 Å². The van der Waals surface area contributed by atoms with E-state index in [2.05, 4.69) is 20.3 Å². The number of carbonyl (C=O) groups excluding carboxylic acids is 1. The zero-order chi connectivity index (χ0) is 18.6. The number of nitrogens with one attached hydrogen (secondary N) is 1. The summed E-state index contributed by atoms with van der Waals surface area (Å²) in [6.07, 6.45) is 11.7. The monoisotopic (exact) mass is 381 g/mol. The predicted octanol–water partition coefficient (Wildman–Crippen LogP) is 3.96. The molecule has 0 radical (unpaired) electrons. The minimum absolute atomic E-state index is 0.0596. The van der Waals surface area contributed by atoms with Gasteiger partial charge in [0.2, 0.25) is 5.91 Å². The van der Waals surface area contributed by atoms with Gasteiger partial charge in [-0.15, -0.1) is 11.3 Å². The van der Waals surface area contributed by atoms with Crippen LogP contribution in [0.15, 0.2) is 47.5 Å². The molecule has 1 amide bonds. The highest BCUT2D eigenvalue weighted by atomic mass is 32.1. The van der Waals surface area contributed by atoms with Crippen molar-refractivity contribution in [1.29, 1.82) is 0 Å². The van der Waals surface area contributed by atoms with Crippen molar-refractivity contribution in [1.82, 2.24) is 19.9 Å². The maximum absolute atomic E-state index is 12.7. The number of nitrogens with zero attached hydrogens (tertiary/aromatic N) is 4. The van der Waals surface area contributed by atoms with Gasteiger partial charge in [-0.3, -0.25) is 9.78 Å². The van der Waals surface area contributed by atoms with Crippen LogP contribution in [0, 0.1) is 6.92 Å². The van der Waals surface area contributed by atoms with Crippen LogP contribution in [0.3, 0.4) is 0 Å². The van der Waals surface area contributed by atoms with Gasteiger partial charge in [-0.1, -0.05) is 0 Å². The number of rotatable bonds is 5. The van der Waals surface area contributed by atoms with Crippen molar-refractivity contribution < 1.29 is 9.21 Å². The summed E-state index contributed by atoms with van der Waals surface area (Å²) < 4.78 is 5.25. The van der Waals surface area contributed by atoms with Gasteiger partial charge in [0.15, 0.2) is 10.9 Å². The van der Waals surface area contributed by atoms with Crippen LogP contribution in [0.25, 0.3) is 6.08 Å². The Morgan fingerprint density at radius 2 is 2.26 bits per heavy atom. The Kier molecular flexibility index (Phi) is 4.97. The number of aryl methyl sites for hydroxylation is 1. The fourth-order valence-corrected chi connectivity index (χ4v) is 3.82. The van der Waals surface area contributed by atoms with Crippen molar-refractivity contribution in [2.24, 2.45) is 0 Å². The molecule has 1 aliphatic heterocycles. The van der Waals surface area contributed by atoms with Gasteiger partial charge >= 0.3 is 0 Å². The molecule has 8 heteroatoms. The Bertz CT molecular complexity index is 951. The van der Waals surface area contributed by atoms with Crippen LogP contribution < -0.4 is 5.32 Å². The number of thiazole rings is 1. The van der Waals surface area contributed by atoms with Crippen molar-refractivity contribution in [2.75, 3.05) is 11.9 Å². The molecule has 0 aliphatic carbocycles. The molecular weight excluding hydrogens is 362 g/mol. The molecule has 1 saturated heterocycles. The van der Waals surface area contributed by atoms with Gasteiger partial charge < -0.3 is 14.6 Å². The van der Waals surface area contributed by atoms with Crippen LogP contribution in [0.5, 0.6) is 0 Å². The van der Waals surface area contributed by atoms with E-state index in [1.54, 1.807) is 48.2 Å². The highest BCUT2D eigenvalue weighted by molar-refractivity contribution is 7.15. The third-order valence-electron chi connectivity index (χ3n) is 4.36. The lowest BCUT2D eigenvalue weighted by Crippen LogP contribution is -2.30. The highest BCUT2D eigenvalue weighted by Gasteiger charge is 2.32. The summed E-state index contributed by atoms with van der Waals surface area (Å²) in [5.74, 6) is 1.24. The first-order valence-corrected chi connectivity index (χ1v) is 9.55. The van der Waals surface area contributed by atoms with Crippen LogP contribution >= 0.6 is 11.3 Å². The average molecular weight is 381 g/mol. The Balaban J connectivity index is 1.56. The normalized spacial score (nSPS) is 16.9. The number of amides is 1. The molecular formula is C19H19N5O2S. The first-order chi connectivity index (χ1) is 13.2. The molecule has 27 heavy (non-hydrogen) atoms. The molecule has 4 rings (SSSR count). The summed E-state index contributed by atoms with van der Waals surface area (Å²) in [5.41, 5.74) is 0.766. The molecule has 1 N–H and O–H groups in total. The molecule has 7 nitrogen and oxygen atoms in total. The van der Waals surface area contributed by atoms with Gasteiger partial charge in [0.25, 0.3) is 0 Å². The molecule has 0 aromatic carbocycles. The predicted molar refractivity (Wildman–Crippen MR) is 104 cm³/mol. The van der Waals surface area contributed by atoms with E-state index < -0.39 is 0 Å². The van der Waals surface area contributed by atoms with Crippen LogP contribution in [-0.4, -0.2) is 32.3 Å². The molecule has 4 heterocycles. The molecule has 138 valence electrons. The molecule has 1 fully saturated rings. The second-order valence-corrected chi connectivity index (χ2v) is 7.46. The molecule has 3 aromatic heterocycles. The van der Waals surface area contributed by atoms with E-state index in [0.717, 1.165) is 28.5 Å². The standard InChI is InChI=1S/C19H19N5O2S/c1-13-12-22-19(27-13)23-18-17(20-8-9-21-18)15-5-2-10-24(15)16(25)7-6-14-4-3-11-26-14/h3-4,6-9,11-12,15H,2,5,10H2,1H3,(H,21,22,23)/b7-6+. The Morgan fingerprint density at radius 1 is 1.37 bits per heavy atom. The van der Waals surface area contributed by atoms with Crippen LogP contribution in [0.2, 0.25) is 0 Å². The van der Waals surface area contributed by atoms with Crippen molar-refractivity contribution in [2.45, 2.75) is 25.8 Å². The average Bonchev–Trinajstić information content (AvgIpc) is 3.42. The van der Waals surface area contributed by atoms with Gasteiger partial charge in [0, 0.05) is 36.1 Å². The van der Waals surface area contributed by atoms with E-state index in [0.29, 0.717) is 18.1 Å². The summed E-state index contributed by atoms with van der Waals surface area (Å²) >= 11 is 1.56. The van der Waals surface area contributed by atoms with Crippen molar-refractivity contribution in [3.8, 4) is 0 Å². The zero-order valence-electron chi connectivity index (χ0n) is 14.8. The fourth-order valence-electron chi connectivity index (χ4n) is 3.15. The molecule has 3 aromatic rings. The molecule has 0 saturated carbocycles. The maximum Gasteiger partial charge on any atom is 0.247 e. The lowest BCUT2D eigenvalue weighted by molar-refractivity contribution is -0.126. The highest BCUT2D eigenvalue weighted by Crippen LogP contribution is 2.35. The number of hydrogen-bond acceptors (Lipinski definition) is 7. The second-order valence-electron chi connectivity index (χ2n) is 6.23. The summed E-state index contributed by atoms with van der Waals surface area (Å²) in [5, 5.41) is 4.01. The quantitative estimate of drug-likeness (QED) is 0.674. The van der Waals surface area contributed by atoms with Gasteiger partial charge in [0.05, 0.1) is 12.3 Å². The van der Waals surface area contributed by atoms with E-state index in [-0.39, 0.29) is 11.9 Å². The topological polar surface area (TPSA) is 84.2 Å². The van der Waals surface area contributed by atoms with Gasteiger partial charge in [-0.25, -0.2) is 9.97 Å². The summed E-state index contributed by atoms with van der Waals surface area (Å²) in [4.78, 5) is 28.9. The molecule has 1 unspecified atom stereocenters. The summed E-state index contributed by atoms with van der Waals surface area (Å²) in [6, 6.07) is 3.49. The molecule has 1 aliphatic rings. The van der Waals surface area contributed by atoms with Crippen molar-refractivity contribution >= 4 is 34.3 Å². The Labute approximate surface area is 160 Å². The third-order valence-corrected chi connectivity index (χ3v) is 5.19. The molecule has 1 atom stereocenters. The minimum Gasteiger partial charge on any atom is -0.465 e. The Morgan fingerprint density at radius 3 is 3.04 bits per heavy atom. The Hall–Kier alpha value is -3.00. The third kappa shape index (κ3) is 3.90. The molecule has 0 bridgehead atoms. The van der Waals surface area contributed by atoms with E-state index in [1.165, 1.54) is 0 Å². The van der Waals surface area contributed by atoms with E-state index in [1.807, 2.05) is 24.1 Å². The van der Waals surface area contributed by atoms with E-state index in [4.69, 9.17) is 4.42 Å². The minimum atomic E-state index is -0.115. The van der Waals surface area contributed by atoms with Crippen LogP contribution in [-0.2, 0) is 4.79 Å². The maximum atomic E-state index is 12.7. The summed E-state index contributed by atoms with van der Waals surface area (Å²) in [7, 11) is 0. The van der Waals surface area contributed by atoms with E-state index >= 15 is 0 Å². The van der Waals surface area contributed by atoms with Gasteiger partial charge in [-0.05, 0) is 38.0 Å². The van der Waals surface area contributed by atoms with Crippen molar-refractivity contribution in [3.63, 3.8) is 0 Å². The van der Waals surface area contributed by atoms with Gasteiger partial charge in [0.1, 0.15) is 11.5 Å². The lowest BCUT2D eigenvalue weighted by Gasteiger charge is -2.24. The van der Waals surface area contributed by atoms with E-state index in [9.17, 15) is 4.79 Å². The number of anilines is 2. The number of hydrogen-bond donors (Lipinski definition) is 1. The van der Waals surface area contributed by atoms with Crippen molar-refractivity contribution in [3.05, 3.63) is 59.4 Å². The molecule has 0 spiro atoms. The fraction of sp³-hybridized carbons (Fsp3) is 0.263. The summed E-state index contributed by atoms with van der Waals surface area (Å²) in [6.45, 7) is 2.70. The smallest absolute Gasteiger partial charge is 0.247 e. The first kappa shape index (κ1) is 17.4. The number of aromatic nitrogens is 3. The van der Waals surface area contributed by atoms with Crippen LogP contribution in [0.1, 0.15) is 35.2 Å². The number of furan rings is 1. The number of likely N-dealkylation sites (tertiary alicyclic amines) is 1. The first-order valence-electron chi connectivity index (χ1n) is 8.73. The van der Waals surface area contributed by atoms with Crippen LogP contribution in [0.4, 0.5) is 10.9 Å². The lowest BCUT2D eigenvalue weighted by atomic mass is 10.1. The number of carbonyl (C=O) groups is 1.